The number of nitrogens with zero attached hydrogens (tertiary/aromatic N) is 6. The van der Waals surface area contributed by atoms with Gasteiger partial charge in [0.15, 0.2) is 41.4 Å². The van der Waals surface area contributed by atoms with E-state index in [0.29, 0.717) is 11.3 Å². The molecule has 5 aromatic rings. The summed E-state index contributed by atoms with van der Waals surface area (Å²) in [5.74, 6) is 5.72. The average Bonchev–Trinajstić information content (AvgIpc) is 3.11. The molecule has 0 bridgehead atoms. The van der Waals surface area contributed by atoms with Crippen LogP contribution < -0.4 is 24.2 Å². The van der Waals surface area contributed by atoms with Gasteiger partial charge in [0.25, 0.3) is 15.9 Å². The van der Waals surface area contributed by atoms with Gasteiger partial charge >= 0.3 is 6.09 Å². The molecule has 0 fully saturated rings. The van der Waals surface area contributed by atoms with Gasteiger partial charge in [0.05, 0.1) is 7.11 Å². The van der Waals surface area contributed by atoms with Crippen LogP contribution in [-0.2, 0) is 14.8 Å². The number of anilines is 2. The highest BCUT2D eigenvalue weighted by Crippen LogP contribution is 2.41. The van der Waals surface area contributed by atoms with Gasteiger partial charge in [0.2, 0.25) is 11.7 Å². The number of carbonyl (C=O) groups is 1. The molecule has 0 spiro atoms. The zero-order valence-corrected chi connectivity index (χ0v) is 27.3. The van der Waals surface area contributed by atoms with Crippen LogP contribution in [0.3, 0.4) is 0 Å². The molecule has 4 aromatic heterocycles. The third kappa shape index (κ3) is 9.14. The Kier molecular flexibility index (Phi) is 11.1. The highest BCUT2D eigenvalue weighted by Gasteiger charge is 2.26. The monoisotopic (exact) mass is 682 g/mol. The first-order valence-corrected chi connectivity index (χ1v) is 16.1. The predicted octanol–water partition coefficient (Wildman–Crippen LogP) is 5.08. The maximum Gasteiger partial charge on any atom is 0.414 e. The summed E-state index contributed by atoms with van der Waals surface area (Å²) in [6.45, 7) is 3.42. The maximum atomic E-state index is 13.6. The Morgan fingerprint density at radius 3 is 2.31 bits per heavy atom. The number of benzene rings is 1. The number of para-hydroxylation sites is 2. The second kappa shape index (κ2) is 16.0. The molecule has 0 radical (unpaired) electrons. The molecular weight excluding hydrogens is 652 g/mol. The molecule has 15 nitrogen and oxygen atoms in total. The normalized spacial score (nSPS) is 10.8. The van der Waals surface area contributed by atoms with Gasteiger partial charge in [0.1, 0.15) is 0 Å². The topological polar surface area (TPSA) is 190 Å². The van der Waals surface area contributed by atoms with E-state index < -0.39 is 16.1 Å². The molecule has 0 saturated carbocycles. The lowest BCUT2D eigenvalue weighted by atomic mass is 10.1. The van der Waals surface area contributed by atoms with Crippen LogP contribution in [0.1, 0.15) is 25.3 Å². The highest BCUT2D eigenvalue weighted by atomic mass is 32.2. The predicted molar refractivity (Wildman–Crippen MR) is 178 cm³/mol. The molecule has 5 rings (SSSR count). The quantitative estimate of drug-likeness (QED) is 0.166. The number of ether oxygens (including phenoxy) is 4. The number of pyridine rings is 2. The number of carbonyl (C=O) groups excluding carboxylic acids is 1. The Hall–Kier alpha value is -6.34. The van der Waals surface area contributed by atoms with E-state index in [9.17, 15) is 13.2 Å². The van der Waals surface area contributed by atoms with Crippen LogP contribution in [0.25, 0.3) is 11.4 Å². The number of rotatable bonds is 12. The lowest BCUT2D eigenvalue weighted by Gasteiger charge is -2.18. The van der Waals surface area contributed by atoms with Gasteiger partial charge in [0, 0.05) is 36.5 Å². The van der Waals surface area contributed by atoms with Gasteiger partial charge in [-0.2, -0.15) is 13.4 Å². The van der Waals surface area contributed by atoms with E-state index in [4.69, 9.17) is 18.9 Å². The van der Waals surface area contributed by atoms with Crippen molar-refractivity contribution in [2.24, 2.45) is 0 Å². The molecule has 2 N–H and O–H groups in total. The van der Waals surface area contributed by atoms with E-state index in [1.54, 1.807) is 48.5 Å². The van der Waals surface area contributed by atoms with E-state index in [-0.39, 0.29) is 59.1 Å². The van der Waals surface area contributed by atoms with Gasteiger partial charge in [-0.15, -0.1) is 0 Å². The number of methoxy groups -OCH3 is 1. The van der Waals surface area contributed by atoms with E-state index in [1.807, 2.05) is 13.8 Å². The number of hydrogen-bond acceptors (Lipinski definition) is 13. The fourth-order valence-electron chi connectivity index (χ4n) is 4.00. The van der Waals surface area contributed by atoms with Crippen LogP contribution in [0.2, 0.25) is 0 Å². The van der Waals surface area contributed by atoms with Crippen LogP contribution in [0.4, 0.5) is 16.6 Å². The van der Waals surface area contributed by atoms with Crippen molar-refractivity contribution >= 4 is 27.9 Å². The van der Waals surface area contributed by atoms with Crippen molar-refractivity contribution in [1.29, 1.82) is 0 Å². The van der Waals surface area contributed by atoms with Crippen molar-refractivity contribution in [3.63, 3.8) is 0 Å². The molecule has 0 saturated heterocycles. The molecule has 4 heterocycles. The molecule has 0 aliphatic heterocycles. The molecule has 250 valence electrons. The molecule has 1 aromatic carbocycles. The summed E-state index contributed by atoms with van der Waals surface area (Å²) in [6.07, 6.45) is 6.72. The van der Waals surface area contributed by atoms with Gasteiger partial charge in [-0.25, -0.2) is 24.7 Å². The second-order valence-electron chi connectivity index (χ2n) is 10.1. The van der Waals surface area contributed by atoms with Crippen LogP contribution in [0.15, 0.2) is 90.6 Å². The van der Waals surface area contributed by atoms with E-state index in [2.05, 4.69) is 51.8 Å². The van der Waals surface area contributed by atoms with Gasteiger partial charge in [-0.05, 0) is 47.9 Å². The van der Waals surface area contributed by atoms with Gasteiger partial charge in [-0.1, -0.05) is 43.9 Å². The molecule has 0 atom stereocenters. The largest absolute Gasteiger partial charge is 0.493 e. The standard InChI is InChI=1S/C33H30N8O7S/c1-22(2)24-11-12-27(37-21-24)49(43,44)41-30-28(48-26-10-5-4-9-25(26)45-3)31(39-29(38-30)23-13-17-34-18-14-23)46-19-6-7-20-47-33(42)40-32-35-15-8-16-36-32/h4-5,8-18,21-22H,19-20H2,1-3H3,(H,38,39,41)(H,35,36,40,42). The Balaban J connectivity index is 1.47. The first kappa shape index (κ1) is 34.0. The molecule has 16 heteroatoms. The number of hydrogen-bond donors (Lipinski definition) is 2. The average molecular weight is 683 g/mol. The van der Waals surface area contributed by atoms with Crippen molar-refractivity contribution in [2.45, 2.75) is 24.8 Å². The van der Waals surface area contributed by atoms with Crippen LogP contribution in [-0.4, -0.2) is 64.7 Å². The summed E-state index contributed by atoms with van der Waals surface area (Å²) < 4.78 is 52.3. The van der Waals surface area contributed by atoms with E-state index in [0.717, 1.165) is 5.56 Å². The first-order valence-electron chi connectivity index (χ1n) is 14.6. The number of amides is 1. The second-order valence-corrected chi connectivity index (χ2v) is 11.8. The molecule has 49 heavy (non-hydrogen) atoms. The summed E-state index contributed by atoms with van der Waals surface area (Å²) in [6, 6.07) is 14.7. The fraction of sp³-hybridized carbons (Fsp3) is 0.182. The summed E-state index contributed by atoms with van der Waals surface area (Å²) in [5, 5.41) is 2.14. The van der Waals surface area contributed by atoms with Crippen molar-refractivity contribution in [3.8, 4) is 46.4 Å². The summed E-state index contributed by atoms with van der Waals surface area (Å²) >= 11 is 0. The Bertz CT molecular complexity index is 2060. The molecule has 0 aliphatic rings. The Labute approximate surface area is 282 Å². The van der Waals surface area contributed by atoms with Crippen LogP contribution in [0, 0.1) is 11.8 Å². The summed E-state index contributed by atoms with van der Waals surface area (Å²) in [5.41, 5.74) is 1.38. The first-order chi connectivity index (χ1) is 23.7. The van der Waals surface area contributed by atoms with Crippen LogP contribution >= 0.6 is 0 Å². The molecule has 0 aliphatic carbocycles. The molecule has 1 amide bonds. The van der Waals surface area contributed by atoms with Crippen LogP contribution in [0.5, 0.6) is 23.1 Å². The van der Waals surface area contributed by atoms with Crippen molar-refractivity contribution in [1.82, 2.24) is 29.9 Å². The van der Waals surface area contributed by atoms with Gasteiger partial charge < -0.3 is 18.9 Å². The number of sulfonamides is 1. The summed E-state index contributed by atoms with van der Waals surface area (Å²) in [4.78, 5) is 37.0. The smallest absolute Gasteiger partial charge is 0.414 e. The van der Waals surface area contributed by atoms with Crippen molar-refractivity contribution < 1.29 is 32.2 Å². The minimum absolute atomic E-state index is 0.0786. The third-order valence-electron chi connectivity index (χ3n) is 6.45. The Morgan fingerprint density at radius 1 is 0.878 bits per heavy atom. The highest BCUT2D eigenvalue weighted by molar-refractivity contribution is 7.92. The summed E-state index contributed by atoms with van der Waals surface area (Å²) in [7, 11) is -2.83. The molecule has 0 unspecified atom stereocenters. The minimum Gasteiger partial charge on any atom is -0.493 e. The Morgan fingerprint density at radius 2 is 1.61 bits per heavy atom. The third-order valence-corrected chi connectivity index (χ3v) is 7.70. The van der Waals surface area contributed by atoms with E-state index >= 15 is 0 Å². The number of nitrogens with one attached hydrogen (secondary N) is 2. The lowest BCUT2D eigenvalue weighted by Crippen LogP contribution is -2.17. The molecular formula is C33H30N8O7S. The zero-order valence-electron chi connectivity index (χ0n) is 26.5. The maximum absolute atomic E-state index is 13.6. The zero-order chi connectivity index (χ0) is 34.6. The SMILES string of the molecule is COc1ccccc1Oc1c(NS(=O)(=O)c2ccc(C(C)C)cn2)nc(-c2ccncc2)nc1OCC#CCOC(=O)Nc1ncccn1. The van der Waals surface area contributed by atoms with Crippen molar-refractivity contribution in [3.05, 3.63) is 91.1 Å². The van der Waals surface area contributed by atoms with Crippen molar-refractivity contribution in [2.75, 3.05) is 30.4 Å². The lowest BCUT2D eigenvalue weighted by molar-refractivity contribution is 0.175. The number of aromatic nitrogens is 6. The minimum atomic E-state index is -4.29. The van der Waals surface area contributed by atoms with Gasteiger partial charge in [-0.3, -0.25) is 15.0 Å². The fourth-order valence-corrected chi connectivity index (χ4v) is 4.94. The van der Waals surface area contributed by atoms with E-state index in [1.165, 1.54) is 44.2 Å².